The maximum absolute atomic E-state index is 13.3. The predicted octanol–water partition coefficient (Wildman–Crippen LogP) is 3.56. The highest BCUT2D eigenvalue weighted by atomic mass is 32.2. The van der Waals surface area contributed by atoms with Gasteiger partial charge in [0.2, 0.25) is 11.8 Å². The van der Waals surface area contributed by atoms with Gasteiger partial charge in [-0.15, -0.1) is 11.8 Å². The zero-order valence-electron chi connectivity index (χ0n) is 18.6. The zero-order valence-corrected chi connectivity index (χ0v) is 19.4. The van der Waals surface area contributed by atoms with Crippen LogP contribution < -0.4 is 10.6 Å². The van der Waals surface area contributed by atoms with Crippen molar-refractivity contribution >= 4 is 29.7 Å². The van der Waals surface area contributed by atoms with Crippen molar-refractivity contribution in [1.82, 2.24) is 15.5 Å². The molecule has 30 heavy (non-hydrogen) atoms. The Morgan fingerprint density at radius 3 is 2.30 bits per heavy atom. The highest BCUT2D eigenvalue weighted by molar-refractivity contribution is 8.01. The second-order valence-electron chi connectivity index (χ2n) is 9.80. The van der Waals surface area contributed by atoms with E-state index in [-0.39, 0.29) is 29.3 Å². The van der Waals surface area contributed by atoms with Gasteiger partial charge in [-0.25, -0.2) is 4.79 Å². The third-order valence-electron chi connectivity index (χ3n) is 6.20. The number of ether oxygens (including phenoxy) is 1. The summed E-state index contributed by atoms with van der Waals surface area (Å²) in [5.74, 6) is 0.385. The normalized spacial score (nSPS) is 24.5. The van der Waals surface area contributed by atoms with Gasteiger partial charge in [0.1, 0.15) is 18.2 Å². The van der Waals surface area contributed by atoms with Gasteiger partial charge in [-0.1, -0.05) is 38.5 Å². The number of thioether (sulfide) groups is 1. The molecule has 0 aromatic rings. The fraction of sp³-hybridized carbons (Fsp3) is 0.864. The van der Waals surface area contributed by atoms with Crippen LogP contribution >= 0.6 is 11.8 Å². The topological polar surface area (TPSA) is 87.7 Å². The molecule has 0 bridgehead atoms. The number of rotatable bonds is 4. The molecule has 1 aliphatic heterocycles. The SMILES string of the molecule is CC(C)(C)OC(=O)NCC(=O)N1[C@@H](C(=O)NC2CCCCC2)CSC12CCCCC2. The lowest BCUT2D eigenvalue weighted by molar-refractivity contribution is -0.143. The van der Waals surface area contributed by atoms with E-state index in [0.29, 0.717) is 5.75 Å². The van der Waals surface area contributed by atoms with E-state index in [0.717, 1.165) is 51.4 Å². The van der Waals surface area contributed by atoms with E-state index < -0.39 is 17.7 Å². The molecule has 3 fully saturated rings. The molecule has 0 unspecified atom stereocenters. The standard InChI is InChI=1S/C22H37N3O4S/c1-21(2,3)29-20(28)23-14-18(26)25-17(15-30-22(25)12-8-5-9-13-22)19(27)24-16-10-6-4-7-11-16/h16-17H,4-15H2,1-3H3,(H,23,28)(H,24,27)/t17-/m1/s1. The third kappa shape index (κ3) is 5.83. The van der Waals surface area contributed by atoms with Crippen molar-refractivity contribution in [1.29, 1.82) is 0 Å². The Bertz CT molecular complexity index is 637. The van der Waals surface area contributed by atoms with Crippen LogP contribution in [0, 0.1) is 0 Å². The fourth-order valence-electron chi connectivity index (χ4n) is 4.84. The van der Waals surface area contributed by atoms with Crippen molar-refractivity contribution in [3.05, 3.63) is 0 Å². The summed E-state index contributed by atoms with van der Waals surface area (Å²) in [7, 11) is 0. The van der Waals surface area contributed by atoms with Crippen LogP contribution in [0.1, 0.15) is 85.0 Å². The van der Waals surface area contributed by atoms with Gasteiger partial charge < -0.3 is 20.3 Å². The first-order valence-electron chi connectivity index (χ1n) is 11.4. The summed E-state index contributed by atoms with van der Waals surface area (Å²) in [6.45, 7) is 5.21. The quantitative estimate of drug-likeness (QED) is 0.699. The molecule has 170 valence electrons. The van der Waals surface area contributed by atoms with Crippen LogP contribution in [0.4, 0.5) is 4.79 Å². The van der Waals surface area contributed by atoms with Gasteiger partial charge in [-0.05, 0) is 46.5 Å². The highest BCUT2D eigenvalue weighted by Crippen LogP contribution is 2.49. The molecule has 1 spiro atoms. The van der Waals surface area contributed by atoms with Crippen LogP contribution in [0.25, 0.3) is 0 Å². The van der Waals surface area contributed by atoms with Crippen molar-refractivity contribution < 1.29 is 19.1 Å². The fourth-order valence-corrected chi connectivity index (χ4v) is 6.55. The van der Waals surface area contributed by atoms with Crippen molar-refractivity contribution in [3.63, 3.8) is 0 Å². The summed E-state index contributed by atoms with van der Waals surface area (Å²) in [5, 5.41) is 5.79. The Labute approximate surface area is 184 Å². The molecule has 2 saturated carbocycles. The first-order valence-corrected chi connectivity index (χ1v) is 12.4. The van der Waals surface area contributed by atoms with Crippen molar-refractivity contribution in [2.75, 3.05) is 12.3 Å². The number of carbonyl (C=O) groups excluding carboxylic acids is 3. The summed E-state index contributed by atoms with van der Waals surface area (Å²) in [6.07, 6.45) is 10.1. The van der Waals surface area contributed by atoms with Gasteiger partial charge >= 0.3 is 6.09 Å². The van der Waals surface area contributed by atoms with E-state index in [1.807, 2.05) is 0 Å². The first-order chi connectivity index (χ1) is 14.2. The number of carbonyl (C=O) groups is 3. The molecule has 1 saturated heterocycles. The molecule has 0 radical (unpaired) electrons. The Morgan fingerprint density at radius 2 is 1.67 bits per heavy atom. The van der Waals surface area contributed by atoms with Crippen molar-refractivity contribution in [2.24, 2.45) is 0 Å². The molecule has 0 aromatic carbocycles. The average Bonchev–Trinajstić information content (AvgIpc) is 3.05. The second kappa shape index (κ2) is 9.79. The van der Waals surface area contributed by atoms with E-state index in [9.17, 15) is 14.4 Å². The van der Waals surface area contributed by atoms with E-state index in [4.69, 9.17) is 4.74 Å². The number of hydrogen-bond acceptors (Lipinski definition) is 5. The number of nitrogens with one attached hydrogen (secondary N) is 2. The number of hydrogen-bond donors (Lipinski definition) is 2. The van der Waals surface area contributed by atoms with Crippen LogP contribution in [0.15, 0.2) is 0 Å². The molecule has 2 N–H and O–H groups in total. The number of nitrogens with zero attached hydrogens (tertiary/aromatic N) is 1. The lowest BCUT2D eigenvalue weighted by Crippen LogP contribution is -2.58. The minimum Gasteiger partial charge on any atom is -0.444 e. The van der Waals surface area contributed by atoms with Crippen molar-refractivity contribution in [3.8, 4) is 0 Å². The van der Waals surface area contributed by atoms with Gasteiger partial charge in [0.15, 0.2) is 0 Å². The highest BCUT2D eigenvalue weighted by Gasteiger charge is 2.52. The third-order valence-corrected chi connectivity index (χ3v) is 7.83. The maximum atomic E-state index is 13.3. The van der Waals surface area contributed by atoms with Crippen molar-refractivity contribution in [2.45, 2.75) is 108 Å². The summed E-state index contributed by atoms with van der Waals surface area (Å²) in [4.78, 5) is 39.9. The van der Waals surface area contributed by atoms with Gasteiger partial charge in [-0.3, -0.25) is 9.59 Å². The first kappa shape index (κ1) is 23.2. The van der Waals surface area contributed by atoms with E-state index in [1.165, 1.54) is 12.8 Å². The maximum Gasteiger partial charge on any atom is 0.408 e. The summed E-state index contributed by atoms with van der Waals surface area (Å²) in [6, 6.07) is -0.251. The molecular weight excluding hydrogens is 402 g/mol. The van der Waals surface area contributed by atoms with Crippen LogP contribution in [0.2, 0.25) is 0 Å². The minimum atomic E-state index is -0.621. The predicted molar refractivity (Wildman–Crippen MR) is 118 cm³/mol. The minimum absolute atomic E-state index is 0.0394. The van der Waals surface area contributed by atoms with Crippen LogP contribution in [-0.4, -0.2) is 57.7 Å². The summed E-state index contributed by atoms with van der Waals surface area (Å²) in [5.41, 5.74) is -0.621. The molecule has 1 heterocycles. The largest absolute Gasteiger partial charge is 0.444 e. The molecule has 7 nitrogen and oxygen atoms in total. The van der Waals surface area contributed by atoms with Gasteiger partial charge in [0.05, 0.1) is 4.87 Å². The summed E-state index contributed by atoms with van der Waals surface area (Å²) < 4.78 is 5.26. The average molecular weight is 440 g/mol. The molecule has 3 amide bonds. The van der Waals surface area contributed by atoms with Crippen LogP contribution in [-0.2, 0) is 14.3 Å². The van der Waals surface area contributed by atoms with Crippen LogP contribution in [0.3, 0.4) is 0 Å². The van der Waals surface area contributed by atoms with E-state index >= 15 is 0 Å². The molecule has 3 rings (SSSR count). The molecule has 3 aliphatic rings. The Balaban J connectivity index is 1.68. The molecule has 1 atom stereocenters. The molecule has 0 aromatic heterocycles. The molecule has 8 heteroatoms. The van der Waals surface area contributed by atoms with Gasteiger partial charge in [-0.2, -0.15) is 0 Å². The Kier molecular flexibility index (Phi) is 7.58. The lowest BCUT2D eigenvalue weighted by Gasteiger charge is -2.42. The number of amides is 3. The number of alkyl carbamates (subject to hydrolysis) is 1. The smallest absolute Gasteiger partial charge is 0.408 e. The van der Waals surface area contributed by atoms with E-state index in [1.54, 1.807) is 37.4 Å². The molecule has 2 aliphatic carbocycles. The second-order valence-corrected chi connectivity index (χ2v) is 11.2. The van der Waals surface area contributed by atoms with Gasteiger partial charge in [0, 0.05) is 11.8 Å². The van der Waals surface area contributed by atoms with Crippen LogP contribution in [0.5, 0.6) is 0 Å². The zero-order chi connectivity index (χ0) is 21.8. The van der Waals surface area contributed by atoms with E-state index in [2.05, 4.69) is 10.6 Å². The lowest BCUT2D eigenvalue weighted by atomic mass is 9.92. The Morgan fingerprint density at radius 1 is 1.03 bits per heavy atom. The monoisotopic (exact) mass is 439 g/mol. The summed E-state index contributed by atoms with van der Waals surface area (Å²) >= 11 is 1.75. The molecular formula is C22H37N3O4S. The van der Waals surface area contributed by atoms with Gasteiger partial charge in [0.25, 0.3) is 0 Å². The Hall–Kier alpha value is -1.44.